The summed E-state index contributed by atoms with van der Waals surface area (Å²) in [4.78, 5) is 11.3. The summed E-state index contributed by atoms with van der Waals surface area (Å²) in [6.07, 6.45) is 2.02. The molecule has 56 heavy (non-hydrogen) atoms. The van der Waals surface area contributed by atoms with E-state index in [0.29, 0.717) is 32.9 Å². The summed E-state index contributed by atoms with van der Waals surface area (Å²) in [7, 11) is -7.05. The molecule has 1 N–H and O–H groups in total. The van der Waals surface area contributed by atoms with Crippen molar-refractivity contribution in [2.24, 2.45) is 20.5 Å². The van der Waals surface area contributed by atoms with Gasteiger partial charge < -0.3 is 25.7 Å². The molecule has 1 radical (unpaired) electrons. The van der Waals surface area contributed by atoms with Crippen molar-refractivity contribution in [3.63, 3.8) is 0 Å². The van der Waals surface area contributed by atoms with Gasteiger partial charge >= 0.3 is 18.8 Å². The molecule has 0 fully saturated rings. The quantitative estimate of drug-likeness (QED) is 0.183. The van der Waals surface area contributed by atoms with Gasteiger partial charge in [0.1, 0.15) is 5.69 Å². The van der Waals surface area contributed by atoms with Crippen LogP contribution in [0.25, 0.3) is 16.5 Å². The predicted molar refractivity (Wildman–Crippen MR) is 198 cm³/mol. The molecule has 1 amide bonds. The van der Waals surface area contributed by atoms with Crippen LogP contribution in [0, 0.1) is 6.92 Å². The topological polar surface area (TPSA) is 257 Å². The van der Waals surface area contributed by atoms with Crippen molar-refractivity contribution in [1.82, 2.24) is 9.78 Å². The molecule has 0 unspecified atom stereocenters. The van der Waals surface area contributed by atoms with E-state index in [1.165, 1.54) is 25.1 Å². The van der Waals surface area contributed by atoms with Crippen LogP contribution < -0.4 is 25.7 Å². The van der Waals surface area contributed by atoms with Crippen molar-refractivity contribution in [2.75, 3.05) is 17.8 Å². The molecule has 6 aromatic rings. The van der Waals surface area contributed by atoms with Gasteiger partial charge in [-0.1, -0.05) is 71.3 Å². The molecule has 5 aromatic carbocycles. The average molecular weight is 855 g/mol. The summed E-state index contributed by atoms with van der Waals surface area (Å²) in [5.74, 6) is -2.37. The molecule has 1 heterocycles. The third-order valence-corrected chi connectivity index (χ3v) is 10.0. The Balaban J connectivity index is 0.000000295. The number of carbonyl (C=O) groups excluding carboxylic acids is 1. The van der Waals surface area contributed by atoms with E-state index >= 15 is 0 Å². The Morgan fingerprint density at radius 2 is 1.27 bits per heavy atom. The van der Waals surface area contributed by atoms with Gasteiger partial charge in [0.05, 0.1) is 43.9 Å². The Kier molecular flexibility index (Phi) is 13.3. The number of nitrogens with one attached hydrogen (secondary N) is 1. The molecule has 1 aromatic heterocycles. The number of amides is 1. The number of sulfone groups is 2. The van der Waals surface area contributed by atoms with Crippen LogP contribution in [-0.2, 0) is 41.8 Å². The molecule has 6 rings (SSSR count). The van der Waals surface area contributed by atoms with E-state index < -0.39 is 42.8 Å². The maximum Gasteiger partial charge on any atom is 3.00 e. The number of carbonyl (C=O) groups is 1. The van der Waals surface area contributed by atoms with E-state index in [-0.39, 0.29) is 57.2 Å². The number of azo groups is 2. The first-order chi connectivity index (χ1) is 25.8. The molecule has 20 heteroatoms. The van der Waals surface area contributed by atoms with Gasteiger partial charge in [-0.25, -0.2) is 21.5 Å². The Morgan fingerprint density at radius 1 is 0.732 bits per heavy atom. The van der Waals surface area contributed by atoms with Gasteiger partial charge in [0.25, 0.3) is 0 Å². The molecule has 16 nitrogen and oxygen atoms in total. The minimum absolute atomic E-state index is 0. The van der Waals surface area contributed by atoms with Gasteiger partial charge in [-0.2, -0.15) is 20.4 Å². The van der Waals surface area contributed by atoms with Gasteiger partial charge in [0.15, 0.2) is 19.7 Å². The standard InChI is InChI=1S/C19H17N3O5S.C17H15ClN4O4S.Cr/c1-11(23)20-14-5-3-4-12-6-8-17(25)19(18(12)14)22-21-15-10-13(28(2,26)27)7-9-16(15)24;1-10-16(17(24)22(21-10)12-5-3-4-11(18)8-12)20-19-14-9-13(27(2,25)26)6-7-15(14)23;/h3-10,24-25H,1-2H3,(H,20,23);3-9,23-24H,1-2H3;/q;;+3/p-3. The van der Waals surface area contributed by atoms with Gasteiger partial charge in [0, 0.05) is 35.7 Å². The normalized spacial score (nSPS) is 11.7. The zero-order valence-electron chi connectivity index (χ0n) is 30.6. The second-order valence-electron chi connectivity index (χ2n) is 11.8. The summed E-state index contributed by atoms with van der Waals surface area (Å²) in [5, 5.41) is 72.4. The monoisotopic (exact) mass is 854 g/mol. The molecule has 0 aliphatic heterocycles. The number of halogens is 1. The smallest absolute Gasteiger partial charge is 0.871 e. The number of rotatable bonds is 8. The SMILES string of the molecule is CC(=O)Nc1cccc2ccc([O-])c(N=Nc3cc(S(C)(=O)=O)ccc3[O-])c12.Cc1nn(-c2cccc(Cl)c2)c([O-])c1N=Nc1cc(S(C)(=O)=O)ccc1[O-].[Cr+3].[H+]. The van der Waals surface area contributed by atoms with Gasteiger partial charge in [-0.3, -0.25) is 4.79 Å². The number of hydrogen-bond donors (Lipinski definition) is 1. The van der Waals surface area contributed by atoms with E-state index in [0.717, 1.165) is 41.5 Å². The summed E-state index contributed by atoms with van der Waals surface area (Å²) >= 11 is 5.93. The molecular formula is C36H29ClCrN7O9S2. The second-order valence-corrected chi connectivity index (χ2v) is 16.3. The minimum atomic E-state index is -3.54. The summed E-state index contributed by atoms with van der Waals surface area (Å²) < 4.78 is 47.7. The third kappa shape index (κ3) is 10.1. The average Bonchev–Trinajstić information content (AvgIpc) is 3.39. The second kappa shape index (κ2) is 17.3. The number of nitrogens with zero attached hydrogens (tertiary/aromatic N) is 6. The number of aromatic nitrogens is 2. The number of fused-ring (bicyclic) bond motifs is 1. The maximum atomic E-state index is 12.6. The first-order valence-electron chi connectivity index (χ1n) is 15.7. The van der Waals surface area contributed by atoms with Crippen molar-refractivity contribution in [1.29, 1.82) is 0 Å². The first kappa shape index (κ1) is 42.9. The maximum absolute atomic E-state index is 12.6. The fourth-order valence-electron chi connectivity index (χ4n) is 4.95. The molecule has 0 spiro atoms. The van der Waals surface area contributed by atoms with Crippen LogP contribution in [0.4, 0.5) is 28.4 Å². The van der Waals surface area contributed by atoms with Crippen molar-refractivity contribution in [3.05, 3.63) is 102 Å². The Hall–Kier alpha value is -5.84. The first-order valence-corrected chi connectivity index (χ1v) is 19.9. The van der Waals surface area contributed by atoms with Crippen LogP contribution in [0.5, 0.6) is 23.1 Å². The van der Waals surface area contributed by atoms with E-state index in [1.54, 1.807) is 55.5 Å². The zero-order valence-corrected chi connectivity index (χ0v) is 33.3. The van der Waals surface area contributed by atoms with E-state index in [9.17, 15) is 42.1 Å². The predicted octanol–water partition coefficient (Wildman–Crippen LogP) is 5.67. The van der Waals surface area contributed by atoms with Crippen LogP contribution >= 0.6 is 11.6 Å². The molecule has 0 bridgehead atoms. The number of aryl methyl sites for hydroxylation is 1. The van der Waals surface area contributed by atoms with Gasteiger partial charge in [0.2, 0.25) is 5.91 Å². The molecule has 0 aliphatic carbocycles. The number of anilines is 1. The van der Waals surface area contributed by atoms with Crippen LogP contribution in [0.15, 0.2) is 121 Å². The van der Waals surface area contributed by atoms with E-state index in [1.807, 2.05) is 0 Å². The largest absolute Gasteiger partial charge is 3.00 e. The molecule has 287 valence electrons. The fourth-order valence-corrected chi connectivity index (χ4v) is 6.42. The van der Waals surface area contributed by atoms with Crippen molar-refractivity contribution < 1.29 is 60.8 Å². The Labute approximate surface area is 337 Å². The van der Waals surface area contributed by atoms with Gasteiger partial charge in [-0.15, -0.1) is 5.11 Å². The van der Waals surface area contributed by atoms with E-state index in [4.69, 9.17) is 11.6 Å². The van der Waals surface area contributed by atoms with Crippen LogP contribution in [-0.4, -0.2) is 45.0 Å². The van der Waals surface area contributed by atoms with Gasteiger partial charge in [-0.05, 0) is 60.8 Å². The van der Waals surface area contributed by atoms with Crippen molar-refractivity contribution in [3.8, 4) is 28.8 Å². The van der Waals surface area contributed by atoms with Crippen molar-refractivity contribution in [2.45, 2.75) is 23.6 Å². The number of benzene rings is 5. The molecule has 0 atom stereocenters. The molecule has 0 saturated heterocycles. The fraction of sp³-hybridized carbons (Fsp3) is 0.111. The Bertz CT molecular complexity index is 2770. The Morgan fingerprint density at radius 3 is 1.80 bits per heavy atom. The molecule has 0 saturated carbocycles. The zero-order chi connectivity index (χ0) is 40.2. The summed E-state index contributed by atoms with van der Waals surface area (Å²) in [6, 6.07) is 21.3. The van der Waals surface area contributed by atoms with Crippen molar-refractivity contribution >= 4 is 76.4 Å². The van der Waals surface area contributed by atoms with Crippen LogP contribution in [0.1, 0.15) is 14.0 Å². The minimum Gasteiger partial charge on any atom is -0.871 e. The van der Waals surface area contributed by atoms with Crippen LogP contribution in [0.2, 0.25) is 5.02 Å². The molecule has 0 aliphatic rings. The molecular weight excluding hydrogens is 826 g/mol. The van der Waals surface area contributed by atoms with Crippen LogP contribution in [0.3, 0.4) is 0 Å². The summed E-state index contributed by atoms with van der Waals surface area (Å²) in [5.41, 5.74) is 0.619. The summed E-state index contributed by atoms with van der Waals surface area (Å²) in [6.45, 7) is 2.91. The number of hydrogen-bond acceptors (Lipinski definition) is 14. The van der Waals surface area contributed by atoms with E-state index in [2.05, 4.69) is 30.9 Å². The third-order valence-electron chi connectivity index (χ3n) is 7.56.